The third-order valence-corrected chi connectivity index (χ3v) is 5.44. The zero-order valence-electron chi connectivity index (χ0n) is 16.5. The minimum absolute atomic E-state index is 0. The van der Waals surface area contributed by atoms with Gasteiger partial charge >= 0.3 is 0 Å². The Hall–Kier alpha value is -0.870. The van der Waals surface area contributed by atoms with Gasteiger partial charge in [0.15, 0.2) is 5.96 Å². The molecule has 150 valence electrons. The molecule has 0 saturated carbocycles. The standard InChI is InChI=1S/C18H32N4O2S.HI/c1-13(2)15(5)21-18(19-6)20-11-16-9-7-8-10-17(16)12-25(23,24)22-14(3)4;/h7-10,13-15,22H,11-12H2,1-6H3,(H2,19,20,21);1H. The molecule has 0 aliphatic rings. The number of hydrogen-bond acceptors (Lipinski definition) is 3. The molecular formula is C18H33IN4O2S. The van der Waals surface area contributed by atoms with Crippen LogP contribution in [0.2, 0.25) is 0 Å². The Labute approximate surface area is 175 Å². The summed E-state index contributed by atoms with van der Waals surface area (Å²) in [7, 11) is -1.63. The van der Waals surface area contributed by atoms with Crippen molar-refractivity contribution in [2.24, 2.45) is 10.9 Å². The molecule has 1 unspecified atom stereocenters. The van der Waals surface area contributed by atoms with E-state index in [9.17, 15) is 8.42 Å². The molecule has 0 heterocycles. The van der Waals surface area contributed by atoms with Crippen LogP contribution < -0.4 is 15.4 Å². The minimum atomic E-state index is -3.35. The van der Waals surface area contributed by atoms with E-state index >= 15 is 0 Å². The topological polar surface area (TPSA) is 82.6 Å². The first-order valence-corrected chi connectivity index (χ1v) is 10.3. The lowest BCUT2D eigenvalue weighted by molar-refractivity contribution is 0.481. The van der Waals surface area contributed by atoms with E-state index in [0.717, 1.165) is 11.1 Å². The number of hydrogen-bond donors (Lipinski definition) is 3. The quantitative estimate of drug-likeness (QED) is 0.294. The number of halogens is 1. The van der Waals surface area contributed by atoms with Crippen molar-refractivity contribution in [3.05, 3.63) is 35.4 Å². The van der Waals surface area contributed by atoms with E-state index in [1.54, 1.807) is 7.05 Å². The number of nitrogens with zero attached hydrogens (tertiary/aromatic N) is 1. The third kappa shape index (κ3) is 9.18. The monoisotopic (exact) mass is 496 g/mol. The highest BCUT2D eigenvalue weighted by atomic mass is 127. The zero-order valence-corrected chi connectivity index (χ0v) is 19.7. The van der Waals surface area contributed by atoms with Crippen molar-refractivity contribution in [1.82, 2.24) is 15.4 Å². The lowest BCUT2D eigenvalue weighted by Crippen LogP contribution is -2.44. The molecule has 1 aromatic rings. The van der Waals surface area contributed by atoms with E-state index < -0.39 is 10.0 Å². The molecule has 8 heteroatoms. The molecule has 0 aromatic heterocycles. The summed E-state index contributed by atoms with van der Waals surface area (Å²) in [6.45, 7) is 10.5. The molecule has 26 heavy (non-hydrogen) atoms. The summed E-state index contributed by atoms with van der Waals surface area (Å²) in [4.78, 5) is 4.23. The van der Waals surface area contributed by atoms with Crippen molar-refractivity contribution >= 4 is 40.0 Å². The first kappa shape index (κ1) is 25.1. The van der Waals surface area contributed by atoms with Crippen LogP contribution in [0, 0.1) is 5.92 Å². The molecule has 1 rings (SSSR count). The van der Waals surface area contributed by atoms with Gasteiger partial charge in [0.2, 0.25) is 10.0 Å². The van der Waals surface area contributed by atoms with Crippen LogP contribution in [0.3, 0.4) is 0 Å². The molecule has 3 N–H and O–H groups in total. The summed E-state index contributed by atoms with van der Waals surface area (Å²) < 4.78 is 27.0. The van der Waals surface area contributed by atoms with E-state index in [2.05, 4.69) is 41.1 Å². The fourth-order valence-electron chi connectivity index (χ4n) is 2.23. The fourth-order valence-corrected chi connectivity index (χ4v) is 3.72. The largest absolute Gasteiger partial charge is 0.354 e. The molecule has 0 saturated heterocycles. The minimum Gasteiger partial charge on any atom is -0.354 e. The van der Waals surface area contributed by atoms with E-state index in [1.165, 1.54) is 0 Å². The van der Waals surface area contributed by atoms with Gasteiger partial charge in [0.05, 0.1) is 5.75 Å². The molecule has 0 bridgehead atoms. The van der Waals surface area contributed by atoms with Crippen LogP contribution >= 0.6 is 24.0 Å². The first-order chi connectivity index (χ1) is 11.6. The maximum Gasteiger partial charge on any atom is 0.216 e. The van der Waals surface area contributed by atoms with Gasteiger partial charge in [-0.1, -0.05) is 38.1 Å². The maximum absolute atomic E-state index is 12.2. The van der Waals surface area contributed by atoms with Crippen molar-refractivity contribution in [1.29, 1.82) is 0 Å². The van der Waals surface area contributed by atoms with Crippen LogP contribution in [0.1, 0.15) is 45.7 Å². The smallest absolute Gasteiger partial charge is 0.216 e. The number of sulfonamides is 1. The Morgan fingerprint density at radius 3 is 2.15 bits per heavy atom. The normalized spacial score (nSPS) is 13.5. The summed E-state index contributed by atoms with van der Waals surface area (Å²) in [5.74, 6) is 1.16. The van der Waals surface area contributed by atoms with Gasteiger partial charge in [0.25, 0.3) is 0 Å². The highest BCUT2D eigenvalue weighted by Crippen LogP contribution is 2.12. The van der Waals surface area contributed by atoms with Crippen molar-refractivity contribution in [2.75, 3.05) is 7.05 Å². The Morgan fingerprint density at radius 1 is 1.08 bits per heavy atom. The maximum atomic E-state index is 12.2. The summed E-state index contributed by atoms with van der Waals surface area (Å²) in [6.07, 6.45) is 0. The van der Waals surface area contributed by atoms with Crippen LogP contribution in [-0.4, -0.2) is 33.5 Å². The van der Waals surface area contributed by atoms with Crippen LogP contribution in [0.5, 0.6) is 0 Å². The van der Waals surface area contributed by atoms with E-state index in [-0.39, 0.29) is 41.8 Å². The van der Waals surface area contributed by atoms with Crippen molar-refractivity contribution in [2.45, 2.75) is 59.0 Å². The highest BCUT2D eigenvalue weighted by Gasteiger charge is 2.15. The van der Waals surface area contributed by atoms with Gasteiger partial charge in [-0.2, -0.15) is 0 Å². The lowest BCUT2D eigenvalue weighted by Gasteiger charge is -2.21. The highest BCUT2D eigenvalue weighted by molar-refractivity contribution is 14.0. The second-order valence-electron chi connectivity index (χ2n) is 6.90. The van der Waals surface area contributed by atoms with Crippen molar-refractivity contribution in [3.8, 4) is 0 Å². The third-order valence-electron chi connectivity index (χ3n) is 3.91. The summed E-state index contributed by atoms with van der Waals surface area (Å²) in [5, 5.41) is 6.60. The van der Waals surface area contributed by atoms with Crippen molar-refractivity contribution < 1.29 is 8.42 Å². The SMILES string of the molecule is CN=C(NCc1ccccc1CS(=O)(=O)NC(C)C)NC(C)C(C)C.I. The molecule has 1 aromatic carbocycles. The van der Waals surface area contributed by atoms with Gasteiger partial charge in [-0.3, -0.25) is 4.99 Å². The van der Waals surface area contributed by atoms with Gasteiger partial charge < -0.3 is 10.6 Å². The van der Waals surface area contributed by atoms with Crippen molar-refractivity contribution in [3.63, 3.8) is 0 Å². The van der Waals surface area contributed by atoms with Gasteiger partial charge in [0.1, 0.15) is 0 Å². The average molecular weight is 496 g/mol. The summed E-state index contributed by atoms with van der Waals surface area (Å²) >= 11 is 0. The van der Waals surface area contributed by atoms with Crippen LogP contribution in [0.15, 0.2) is 29.3 Å². The van der Waals surface area contributed by atoms with Gasteiger partial charge in [0, 0.05) is 25.7 Å². The van der Waals surface area contributed by atoms with Gasteiger partial charge in [-0.05, 0) is 37.8 Å². The lowest BCUT2D eigenvalue weighted by atomic mass is 10.1. The fraction of sp³-hybridized carbons (Fsp3) is 0.611. The molecule has 6 nitrogen and oxygen atoms in total. The number of benzene rings is 1. The predicted molar refractivity (Wildman–Crippen MR) is 120 cm³/mol. The first-order valence-electron chi connectivity index (χ1n) is 8.68. The molecular weight excluding hydrogens is 463 g/mol. The molecule has 0 amide bonds. The molecule has 0 aliphatic carbocycles. The number of aliphatic imine (C=N–C) groups is 1. The van der Waals surface area contributed by atoms with Gasteiger partial charge in [-0.25, -0.2) is 13.1 Å². The Kier molecular flexibility index (Phi) is 11.4. The predicted octanol–water partition coefficient (Wildman–Crippen LogP) is 2.84. The number of rotatable bonds is 8. The van der Waals surface area contributed by atoms with Gasteiger partial charge in [-0.15, -0.1) is 24.0 Å². The Morgan fingerprint density at radius 2 is 1.65 bits per heavy atom. The van der Waals surface area contributed by atoms with E-state index in [1.807, 2.05) is 38.1 Å². The summed E-state index contributed by atoms with van der Waals surface area (Å²) in [6, 6.07) is 7.73. The molecule has 0 aliphatic heterocycles. The Bertz CT molecular complexity index is 676. The van der Waals surface area contributed by atoms with Crippen LogP contribution in [-0.2, 0) is 22.3 Å². The average Bonchev–Trinajstić information content (AvgIpc) is 2.50. The van der Waals surface area contributed by atoms with Crippen LogP contribution in [0.4, 0.5) is 0 Å². The number of guanidine groups is 1. The Balaban J connectivity index is 0.00000625. The van der Waals surface area contributed by atoms with E-state index in [4.69, 9.17) is 0 Å². The molecule has 0 radical (unpaired) electrons. The summed E-state index contributed by atoms with van der Waals surface area (Å²) in [5.41, 5.74) is 1.73. The zero-order chi connectivity index (χ0) is 19.0. The second-order valence-corrected chi connectivity index (χ2v) is 8.66. The number of nitrogens with one attached hydrogen (secondary N) is 3. The molecule has 1 atom stereocenters. The van der Waals surface area contributed by atoms with Crippen LogP contribution in [0.25, 0.3) is 0 Å². The second kappa shape index (κ2) is 11.8. The van der Waals surface area contributed by atoms with E-state index in [0.29, 0.717) is 18.4 Å². The molecule has 0 fully saturated rings. The molecule has 0 spiro atoms.